The topological polar surface area (TPSA) is 53.2 Å². The highest BCUT2D eigenvalue weighted by atomic mass is 19.1. The highest BCUT2D eigenvalue weighted by molar-refractivity contribution is 5.78. The Hall–Kier alpha value is -2.73. The van der Waals surface area contributed by atoms with Gasteiger partial charge in [0, 0.05) is 7.11 Å². The van der Waals surface area contributed by atoms with E-state index in [1.807, 2.05) is 13.0 Å². The summed E-state index contributed by atoms with van der Waals surface area (Å²) in [4.78, 5) is 25.5. The molecule has 1 heterocycles. The molecular formula is C18H17FN2O3. The summed E-state index contributed by atoms with van der Waals surface area (Å²) in [7, 11) is 1.49. The standard InChI is InChI=1S/C18H17FN2O3/c1-12-3-8-16-15(9-12)17(22)20(18(23)21(16)11-24-2)10-13-4-6-14(19)7-5-13/h3-9H,10-11H2,1-2H3. The molecule has 0 N–H and O–H groups in total. The number of methoxy groups -OCH3 is 1. The first kappa shape index (κ1) is 16.1. The Morgan fingerprint density at radius 3 is 2.42 bits per heavy atom. The van der Waals surface area contributed by atoms with Gasteiger partial charge in [0.1, 0.15) is 12.5 Å². The molecular weight excluding hydrogens is 311 g/mol. The molecule has 6 heteroatoms. The van der Waals surface area contributed by atoms with Crippen molar-refractivity contribution < 1.29 is 9.13 Å². The van der Waals surface area contributed by atoms with Gasteiger partial charge in [-0.05, 0) is 36.8 Å². The number of nitrogens with zero attached hydrogens (tertiary/aromatic N) is 2. The largest absolute Gasteiger partial charge is 0.364 e. The number of ether oxygens (including phenoxy) is 1. The summed E-state index contributed by atoms with van der Waals surface area (Å²) in [6.45, 7) is 2.00. The summed E-state index contributed by atoms with van der Waals surface area (Å²) in [6, 6.07) is 11.1. The zero-order chi connectivity index (χ0) is 17.3. The second-order valence-corrected chi connectivity index (χ2v) is 5.67. The Morgan fingerprint density at radius 1 is 1.04 bits per heavy atom. The van der Waals surface area contributed by atoms with Crippen LogP contribution in [0.5, 0.6) is 0 Å². The fraction of sp³-hybridized carbons (Fsp3) is 0.222. The van der Waals surface area contributed by atoms with Crippen LogP contribution in [0, 0.1) is 12.7 Å². The van der Waals surface area contributed by atoms with E-state index in [9.17, 15) is 14.0 Å². The summed E-state index contributed by atoms with van der Waals surface area (Å²) in [5.41, 5.74) is 1.31. The lowest BCUT2D eigenvalue weighted by Crippen LogP contribution is -2.40. The van der Waals surface area contributed by atoms with E-state index in [0.717, 1.165) is 10.1 Å². The van der Waals surface area contributed by atoms with E-state index in [1.165, 1.54) is 23.8 Å². The van der Waals surface area contributed by atoms with Gasteiger partial charge in [-0.25, -0.2) is 9.18 Å². The molecule has 24 heavy (non-hydrogen) atoms. The van der Waals surface area contributed by atoms with Crippen LogP contribution in [0.2, 0.25) is 0 Å². The van der Waals surface area contributed by atoms with Gasteiger partial charge in [0.25, 0.3) is 5.56 Å². The first-order valence-corrected chi connectivity index (χ1v) is 7.48. The summed E-state index contributed by atoms with van der Waals surface area (Å²) >= 11 is 0. The molecule has 1 aromatic heterocycles. The molecule has 0 aliphatic heterocycles. The van der Waals surface area contributed by atoms with Crippen molar-refractivity contribution >= 4 is 10.9 Å². The number of aryl methyl sites for hydroxylation is 1. The van der Waals surface area contributed by atoms with Gasteiger partial charge in [0.2, 0.25) is 0 Å². The van der Waals surface area contributed by atoms with Crippen molar-refractivity contribution in [3.05, 3.63) is 80.2 Å². The molecule has 0 aliphatic carbocycles. The maximum absolute atomic E-state index is 13.1. The monoisotopic (exact) mass is 328 g/mol. The molecule has 0 amide bonds. The zero-order valence-corrected chi connectivity index (χ0v) is 13.5. The fourth-order valence-corrected chi connectivity index (χ4v) is 2.70. The molecule has 3 aromatic rings. The summed E-state index contributed by atoms with van der Waals surface area (Å²) in [5, 5.41) is 0.453. The second kappa shape index (κ2) is 6.41. The van der Waals surface area contributed by atoms with Gasteiger partial charge in [-0.2, -0.15) is 0 Å². The number of hydrogen-bond acceptors (Lipinski definition) is 3. The molecule has 2 aromatic carbocycles. The van der Waals surface area contributed by atoms with Gasteiger partial charge in [-0.1, -0.05) is 23.8 Å². The molecule has 0 fully saturated rings. The van der Waals surface area contributed by atoms with Crippen LogP contribution in [0.3, 0.4) is 0 Å². The van der Waals surface area contributed by atoms with Crippen LogP contribution in [-0.2, 0) is 18.0 Å². The highest BCUT2D eigenvalue weighted by Crippen LogP contribution is 2.11. The van der Waals surface area contributed by atoms with Crippen molar-refractivity contribution in [3.8, 4) is 0 Å². The number of halogens is 1. The maximum Gasteiger partial charge on any atom is 0.333 e. The lowest BCUT2D eigenvalue weighted by atomic mass is 10.1. The summed E-state index contributed by atoms with van der Waals surface area (Å²) < 4.78 is 20.7. The SMILES string of the molecule is COCn1c(=O)n(Cc2ccc(F)cc2)c(=O)c2cc(C)ccc21. The normalized spacial score (nSPS) is 11.1. The first-order chi connectivity index (χ1) is 11.5. The quantitative estimate of drug-likeness (QED) is 0.738. The van der Waals surface area contributed by atoms with Crippen LogP contribution in [0.4, 0.5) is 4.39 Å². The molecule has 0 atom stereocenters. The van der Waals surface area contributed by atoms with Crippen LogP contribution in [-0.4, -0.2) is 16.2 Å². The molecule has 0 bridgehead atoms. The molecule has 0 saturated carbocycles. The minimum Gasteiger partial charge on any atom is -0.364 e. The Labute approximate surface area is 137 Å². The predicted molar refractivity (Wildman–Crippen MR) is 89.7 cm³/mol. The zero-order valence-electron chi connectivity index (χ0n) is 13.5. The van der Waals surface area contributed by atoms with Crippen molar-refractivity contribution in [2.24, 2.45) is 0 Å². The molecule has 5 nitrogen and oxygen atoms in total. The van der Waals surface area contributed by atoms with E-state index < -0.39 is 5.69 Å². The van der Waals surface area contributed by atoms with E-state index in [4.69, 9.17) is 4.74 Å². The molecule has 0 saturated heterocycles. The third-order valence-corrected chi connectivity index (χ3v) is 3.89. The minimum absolute atomic E-state index is 0.0437. The van der Waals surface area contributed by atoms with Gasteiger partial charge < -0.3 is 4.74 Å². The smallest absolute Gasteiger partial charge is 0.333 e. The van der Waals surface area contributed by atoms with Gasteiger partial charge in [-0.15, -0.1) is 0 Å². The molecule has 3 rings (SSSR count). The van der Waals surface area contributed by atoms with Crippen LogP contribution < -0.4 is 11.2 Å². The van der Waals surface area contributed by atoms with Crippen LogP contribution in [0.15, 0.2) is 52.1 Å². The number of rotatable bonds is 4. The third kappa shape index (κ3) is 2.88. The number of fused-ring (bicyclic) bond motifs is 1. The van der Waals surface area contributed by atoms with E-state index in [2.05, 4.69) is 0 Å². The van der Waals surface area contributed by atoms with Gasteiger partial charge in [0.05, 0.1) is 17.4 Å². The van der Waals surface area contributed by atoms with Crippen molar-refractivity contribution in [3.63, 3.8) is 0 Å². The van der Waals surface area contributed by atoms with Crippen LogP contribution >= 0.6 is 0 Å². The van der Waals surface area contributed by atoms with Gasteiger partial charge in [-0.3, -0.25) is 13.9 Å². The van der Waals surface area contributed by atoms with E-state index in [1.54, 1.807) is 24.3 Å². The van der Waals surface area contributed by atoms with Crippen molar-refractivity contribution in [1.82, 2.24) is 9.13 Å². The first-order valence-electron chi connectivity index (χ1n) is 7.48. The Balaban J connectivity index is 2.25. The van der Waals surface area contributed by atoms with E-state index in [0.29, 0.717) is 16.5 Å². The highest BCUT2D eigenvalue weighted by Gasteiger charge is 2.13. The van der Waals surface area contributed by atoms with Crippen molar-refractivity contribution in [2.45, 2.75) is 20.2 Å². The van der Waals surface area contributed by atoms with Crippen LogP contribution in [0.25, 0.3) is 10.9 Å². The number of benzene rings is 2. The fourth-order valence-electron chi connectivity index (χ4n) is 2.70. The summed E-state index contributed by atoms with van der Waals surface area (Å²) in [5.74, 6) is -0.364. The third-order valence-electron chi connectivity index (χ3n) is 3.89. The minimum atomic E-state index is -0.456. The second-order valence-electron chi connectivity index (χ2n) is 5.67. The maximum atomic E-state index is 13.1. The summed E-state index contributed by atoms with van der Waals surface area (Å²) in [6.07, 6.45) is 0. The average Bonchev–Trinajstić information content (AvgIpc) is 2.57. The molecule has 124 valence electrons. The molecule has 0 radical (unpaired) electrons. The van der Waals surface area contributed by atoms with E-state index in [-0.39, 0.29) is 24.7 Å². The number of hydrogen-bond donors (Lipinski definition) is 0. The van der Waals surface area contributed by atoms with Crippen molar-refractivity contribution in [1.29, 1.82) is 0 Å². The van der Waals surface area contributed by atoms with E-state index >= 15 is 0 Å². The Morgan fingerprint density at radius 2 is 1.75 bits per heavy atom. The Bertz CT molecular complexity index is 1000. The van der Waals surface area contributed by atoms with Crippen molar-refractivity contribution in [2.75, 3.05) is 7.11 Å². The van der Waals surface area contributed by atoms with Gasteiger partial charge >= 0.3 is 5.69 Å². The lowest BCUT2D eigenvalue weighted by molar-refractivity contribution is 0.129. The molecule has 0 aliphatic rings. The molecule has 0 spiro atoms. The van der Waals surface area contributed by atoms with Crippen LogP contribution in [0.1, 0.15) is 11.1 Å². The predicted octanol–water partition coefficient (Wildman–Crippen LogP) is 2.26. The lowest BCUT2D eigenvalue weighted by Gasteiger charge is -2.14. The molecule has 0 unspecified atom stereocenters. The average molecular weight is 328 g/mol. The Kier molecular flexibility index (Phi) is 4.31. The van der Waals surface area contributed by atoms with Gasteiger partial charge in [0.15, 0.2) is 0 Å². The number of aromatic nitrogens is 2.